The highest BCUT2D eigenvalue weighted by Crippen LogP contribution is 2.43. The zero-order chi connectivity index (χ0) is 12.6. The van der Waals surface area contributed by atoms with Gasteiger partial charge in [0, 0.05) is 0 Å². The third-order valence-corrected chi connectivity index (χ3v) is 7.53. The molecule has 1 saturated heterocycles. The first-order valence-electron chi connectivity index (χ1n) is 6.45. The van der Waals surface area contributed by atoms with Gasteiger partial charge in [0.25, 0.3) is 0 Å². The van der Waals surface area contributed by atoms with E-state index in [0.717, 1.165) is 0 Å². The normalized spacial score (nSPS) is 22.8. The second-order valence-electron chi connectivity index (χ2n) is 5.48. The summed E-state index contributed by atoms with van der Waals surface area (Å²) >= 11 is 0. The monoisotopic (exact) mass is 254 g/mol. The van der Waals surface area contributed by atoms with E-state index in [0.29, 0.717) is 11.8 Å². The first-order valence-corrected chi connectivity index (χ1v) is 9.53. The van der Waals surface area contributed by atoms with Crippen molar-refractivity contribution in [1.29, 1.82) is 0 Å². The first kappa shape index (κ1) is 11.7. The molecule has 2 atom stereocenters. The Balaban J connectivity index is 1.82. The van der Waals surface area contributed by atoms with Crippen LogP contribution in [0, 0.1) is 0 Å². The molecule has 0 aliphatic carbocycles. The molecule has 2 unspecified atom stereocenters. The van der Waals surface area contributed by atoms with E-state index in [1.807, 2.05) is 0 Å². The second-order valence-corrected chi connectivity index (χ2v) is 10.1. The fourth-order valence-corrected chi connectivity index (χ4v) is 5.41. The molecular formula is C16H18OSi. The summed E-state index contributed by atoms with van der Waals surface area (Å²) in [6.07, 6.45) is 0.313. The lowest BCUT2D eigenvalue weighted by atomic mass is 10.2. The number of hydrogen-bond donors (Lipinski definition) is 0. The Hall–Kier alpha value is -1.38. The molecule has 3 rings (SSSR count). The molecule has 1 aliphatic heterocycles. The van der Waals surface area contributed by atoms with Crippen LogP contribution in [0.4, 0.5) is 0 Å². The van der Waals surface area contributed by atoms with Gasteiger partial charge in [-0.3, -0.25) is 0 Å². The average molecular weight is 254 g/mol. The summed E-state index contributed by atoms with van der Waals surface area (Å²) in [5.41, 5.74) is 1.74. The van der Waals surface area contributed by atoms with Crippen LogP contribution in [0.5, 0.6) is 0 Å². The van der Waals surface area contributed by atoms with Gasteiger partial charge in [-0.2, -0.15) is 0 Å². The van der Waals surface area contributed by atoms with E-state index in [4.69, 9.17) is 4.74 Å². The summed E-state index contributed by atoms with van der Waals surface area (Å²) in [5, 5.41) is 1.48. The molecule has 1 fully saturated rings. The van der Waals surface area contributed by atoms with Crippen LogP contribution in [0.15, 0.2) is 60.7 Å². The van der Waals surface area contributed by atoms with Crippen molar-refractivity contribution in [2.24, 2.45) is 0 Å². The van der Waals surface area contributed by atoms with E-state index in [1.165, 1.54) is 10.8 Å². The molecule has 2 aromatic carbocycles. The highest BCUT2D eigenvalue weighted by molar-refractivity contribution is 6.91. The van der Waals surface area contributed by atoms with Crippen LogP contribution in [0.25, 0.3) is 0 Å². The largest absolute Gasteiger partial charge is 0.368 e. The molecule has 1 heterocycles. The van der Waals surface area contributed by atoms with E-state index < -0.39 is 8.07 Å². The number of epoxide rings is 1. The Morgan fingerprint density at radius 3 is 2.00 bits per heavy atom. The van der Waals surface area contributed by atoms with Gasteiger partial charge in [-0.15, -0.1) is 0 Å². The maximum atomic E-state index is 5.98. The van der Waals surface area contributed by atoms with Crippen LogP contribution in [-0.2, 0) is 4.74 Å². The lowest BCUT2D eigenvalue weighted by Gasteiger charge is -2.20. The minimum atomic E-state index is -1.51. The standard InChI is InChI=1S/C16H18OSi/c1-18(2,14-11-7-4-8-12-14)16-15(17-16)13-9-5-3-6-10-13/h3-12,15-16H,1-2H3. The van der Waals surface area contributed by atoms with Crippen molar-refractivity contribution in [1.82, 2.24) is 0 Å². The molecule has 0 amide bonds. The molecule has 2 heteroatoms. The summed E-state index contributed by atoms with van der Waals surface area (Å²) in [5.74, 6) is 0. The molecule has 0 saturated carbocycles. The lowest BCUT2D eigenvalue weighted by Crippen LogP contribution is -2.47. The van der Waals surface area contributed by atoms with Gasteiger partial charge in [0.15, 0.2) is 0 Å². The molecule has 18 heavy (non-hydrogen) atoms. The van der Waals surface area contributed by atoms with Crippen molar-refractivity contribution in [3.63, 3.8) is 0 Å². The van der Waals surface area contributed by atoms with Crippen molar-refractivity contribution in [2.75, 3.05) is 0 Å². The summed E-state index contributed by atoms with van der Waals surface area (Å²) in [6, 6.07) is 21.4. The number of benzene rings is 2. The number of rotatable bonds is 3. The second kappa shape index (κ2) is 4.37. The molecule has 92 valence electrons. The van der Waals surface area contributed by atoms with Crippen molar-refractivity contribution in [3.8, 4) is 0 Å². The molecule has 0 aromatic heterocycles. The molecular weight excluding hydrogens is 236 g/mol. The maximum absolute atomic E-state index is 5.98. The average Bonchev–Trinajstić information content (AvgIpc) is 3.22. The van der Waals surface area contributed by atoms with Crippen molar-refractivity contribution < 1.29 is 4.74 Å². The summed E-state index contributed by atoms with van der Waals surface area (Å²) in [4.78, 5) is 0. The third kappa shape index (κ3) is 2.02. The van der Waals surface area contributed by atoms with E-state index in [-0.39, 0.29) is 0 Å². The molecule has 0 N–H and O–H groups in total. The van der Waals surface area contributed by atoms with Crippen molar-refractivity contribution in [3.05, 3.63) is 66.2 Å². The van der Waals surface area contributed by atoms with Crippen LogP contribution in [-0.4, -0.2) is 13.8 Å². The van der Waals surface area contributed by atoms with Crippen molar-refractivity contribution in [2.45, 2.75) is 24.9 Å². The fraction of sp³-hybridized carbons (Fsp3) is 0.250. The zero-order valence-corrected chi connectivity index (χ0v) is 11.8. The molecule has 1 aliphatic rings. The zero-order valence-electron chi connectivity index (χ0n) is 10.8. The predicted molar refractivity (Wildman–Crippen MR) is 77.6 cm³/mol. The van der Waals surface area contributed by atoms with E-state index >= 15 is 0 Å². The van der Waals surface area contributed by atoms with Crippen LogP contribution in [0.2, 0.25) is 13.1 Å². The highest BCUT2D eigenvalue weighted by Gasteiger charge is 2.52. The van der Waals surface area contributed by atoms with Gasteiger partial charge in [-0.25, -0.2) is 0 Å². The Kier molecular flexibility index (Phi) is 2.84. The van der Waals surface area contributed by atoms with E-state index in [2.05, 4.69) is 73.8 Å². The fourth-order valence-electron chi connectivity index (χ4n) is 2.59. The molecule has 2 aromatic rings. The molecule has 1 nitrogen and oxygen atoms in total. The smallest absolute Gasteiger partial charge is 0.117 e. The van der Waals surface area contributed by atoms with Gasteiger partial charge >= 0.3 is 0 Å². The summed E-state index contributed by atoms with van der Waals surface area (Å²) in [6.45, 7) is 4.80. The van der Waals surface area contributed by atoms with Gasteiger partial charge in [0.05, 0.1) is 5.73 Å². The van der Waals surface area contributed by atoms with Gasteiger partial charge in [-0.05, 0) is 5.56 Å². The van der Waals surface area contributed by atoms with Gasteiger partial charge in [0.1, 0.15) is 14.2 Å². The van der Waals surface area contributed by atoms with Crippen LogP contribution in [0.1, 0.15) is 11.7 Å². The van der Waals surface area contributed by atoms with Gasteiger partial charge < -0.3 is 4.74 Å². The quantitative estimate of drug-likeness (QED) is 0.605. The van der Waals surface area contributed by atoms with Gasteiger partial charge in [-0.1, -0.05) is 78.9 Å². The SMILES string of the molecule is C[Si](C)(c1ccccc1)C1OC1c1ccccc1. The molecule has 0 bridgehead atoms. The van der Waals surface area contributed by atoms with E-state index in [1.54, 1.807) is 0 Å². The summed E-state index contributed by atoms with van der Waals surface area (Å²) < 4.78 is 5.98. The Labute approximate surface area is 109 Å². The number of ether oxygens (including phenoxy) is 1. The minimum absolute atomic E-state index is 0.313. The Morgan fingerprint density at radius 2 is 1.39 bits per heavy atom. The predicted octanol–water partition coefficient (Wildman–Crippen LogP) is 3.28. The maximum Gasteiger partial charge on any atom is 0.117 e. The minimum Gasteiger partial charge on any atom is -0.368 e. The van der Waals surface area contributed by atoms with Crippen LogP contribution >= 0.6 is 0 Å². The Morgan fingerprint density at radius 1 is 0.833 bits per heavy atom. The summed E-state index contributed by atoms with van der Waals surface area (Å²) in [7, 11) is -1.51. The third-order valence-electron chi connectivity index (χ3n) is 3.85. The highest BCUT2D eigenvalue weighted by atomic mass is 28.3. The van der Waals surface area contributed by atoms with Gasteiger partial charge in [0.2, 0.25) is 0 Å². The first-order chi connectivity index (χ1) is 8.69. The molecule has 0 spiro atoms. The topological polar surface area (TPSA) is 12.5 Å². The molecule has 0 radical (unpaired) electrons. The van der Waals surface area contributed by atoms with Crippen molar-refractivity contribution >= 4 is 13.3 Å². The number of hydrogen-bond acceptors (Lipinski definition) is 1. The van der Waals surface area contributed by atoms with Crippen LogP contribution < -0.4 is 5.19 Å². The van der Waals surface area contributed by atoms with Crippen LogP contribution in [0.3, 0.4) is 0 Å². The Bertz CT molecular complexity index is 521. The lowest BCUT2D eigenvalue weighted by molar-refractivity contribution is 0.401. The van der Waals surface area contributed by atoms with E-state index in [9.17, 15) is 0 Å².